The number of carboxylic acids is 1. The summed E-state index contributed by atoms with van der Waals surface area (Å²) in [6.45, 7) is 4.95. The lowest BCUT2D eigenvalue weighted by Crippen LogP contribution is -2.59. The molecule has 0 aliphatic carbocycles. The Kier molecular flexibility index (Phi) is 9.94. The summed E-state index contributed by atoms with van der Waals surface area (Å²) < 4.78 is 0. The van der Waals surface area contributed by atoms with E-state index in [9.17, 15) is 19.2 Å². The number of carboxylic acid groups (broad SMARTS) is 1. The number of fused-ring (bicyclic) bond motifs is 1. The standard InChI is InChI=1S/C23H33N5O5S/c1-4-12(2)19(22(31)26-13(3)23(32)33)28-21(30)18(11-34)27-20(29)16(24)9-14-10-25-17-8-6-5-7-15(14)17/h5-8,10,12-13,16,18-19,25,34H,4,9,11,24H2,1-3H3,(H,26,31)(H,27,29)(H,28,30)(H,32,33). The number of aliphatic carboxylic acids is 1. The van der Waals surface area contributed by atoms with Crippen LogP contribution in [0.5, 0.6) is 0 Å². The molecule has 0 aliphatic rings. The Bertz CT molecular complexity index is 1030. The number of aromatic amines is 1. The van der Waals surface area contributed by atoms with Crippen molar-refractivity contribution in [3.05, 3.63) is 36.0 Å². The van der Waals surface area contributed by atoms with E-state index in [-0.39, 0.29) is 18.1 Å². The normalized spacial score (nSPS) is 15.6. The largest absolute Gasteiger partial charge is 0.480 e. The zero-order valence-corrected chi connectivity index (χ0v) is 20.4. The zero-order valence-electron chi connectivity index (χ0n) is 19.5. The lowest BCUT2D eigenvalue weighted by atomic mass is 9.97. The maximum absolute atomic E-state index is 12.9. The molecule has 0 saturated carbocycles. The van der Waals surface area contributed by atoms with Gasteiger partial charge in [0, 0.05) is 22.9 Å². The third-order valence-corrected chi connectivity index (χ3v) is 6.15. The summed E-state index contributed by atoms with van der Waals surface area (Å²) in [6.07, 6.45) is 2.63. The molecule has 1 aromatic heterocycles. The smallest absolute Gasteiger partial charge is 0.325 e. The molecule has 2 rings (SSSR count). The van der Waals surface area contributed by atoms with Crippen LogP contribution >= 0.6 is 12.6 Å². The van der Waals surface area contributed by atoms with E-state index in [4.69, 9.17) is 10.8 Å². The predicted octanol–water partition coefficient (Wildman–Crippen LogP) is 0.573. The van der Waals surface area contributed by atoms with Gasteiger partial charge in [-0.2, -0.15) is 12.6 Å². The molecule has 34 heavy (non-hydrogen) atoms. The summed E-state index contributed by atoms with van der Waals surface area (Å²) in [6, 6.07) is 3.64. The van der Waals surface area contributed by atoms with E-state index < -0.39 is 47.9 Å². The van der Waals surface area contributed by atoms with Gasteiger partial charge in [-0.25, -0.2) is 0 Å². The van der Waals surface area contributed by atoms with Crippen LogP contribution in [0.15, 0.2) is 30.5 Å². The van der Waals surface area contributed by atoms with Gasteiger partial charge in [0.15, 0.2) is 0 Å². The minimum Gasteiger partial charge on any atom is -0.480 e. The first kappa shape index (κ1) is 27.2. The van der Waals surface area contributed by atoms with Crippen LogP contribution in [0.4, 0.5) is 0 Å². The molecule has 186 valence electrons. The fraction of sp³-hybridized carbons (Fsp3) is 0.478. The van der Waals surface area contributed by atoms with Crippen molar-refractivity contribution in [1.82, 2.24) is 20.9 Å². The Morgan fingerprint density at radius 1 is 1.06 bits per heavy atom. The Balaban J connectivity index is 2.03. The molecule has 1 aromatic carbocycles. The number of benzene rings is 1. The molecule has 0 saturated heterocycles. The highest BCUT2D eigenvalue weighted by molar-refractivity contribution is 7.80. The molecular weight excluding hydrogens is 458 g/mol. The van der Waals surface area contributed by atoms with Crippen molar-refractivity contribution >= 4 is 47.2 Å². The Morgan fingerprint density at radius 2 is 1.74 bits per heavy atom. The second-order valence-electron chi connectivity index (χ2n) is 8.35. The van der Waals surface area contributed by atoms with E-state index in [1.54, 1.807) is 13.1 Å². The van der Waals surface area contributed by atoms with Crippen LogP contribution in [-0.2, 0) is 25.6 Å². The van der Waals surface area contributed by atoms with Crippen molar-refractivity contribution in [2.75, 3.05) is 5.75 Å². The Hall–Kier alpha value is -3.05. The summed E-state index contributed by atoms with van der Waals surface area (Å²) in [5, 5.41) is 17.6. The first-order valence-corrected chi connectivity index (χ1v) is 11.8. The highest BCUT2D eigenvalue weighted by atomic mass is 32.1. The first-order chi connectivity index (χ1) is 16.1. The fourth-order valence-corrected chi connectivity index (χ4v) is 3.68. The molecule has 10 nitrogen and oxygen atoms in total. The molecule has 2 aromatic rings. The van der Waals surface area contributed by atoms with Gasteiger partial charge in [0.1, 0.15) is 18.1 Å². The number of nitrogens with one attached hydrogen (secondary N) is 4. The number of nitrogens with two attached hydrogens (primary N) is 1. The third kappa shape index (κ3) is 6.97. The summed E-state index contributed by atoms with van der Waals surface area (Å²) in [5.41, 5.74) is 7.92. The lowest BCUT2D eigenvalue weighted by Gasteiger charge is -2.27. The molecule has 5 atom stereocenters. The summed E-state index contributed by atoms with van der Waals surface area (Å²) in [4.78, 5) is 52.4. The van der Waals surface area contributed by atoms with E-state index in [1.165, 1.54) is 6.92 Å². The Labute approximate surface area is 203 Å². The van der Waals surface area contributed by atoms with Gasteiger partial charge in [0.25, 0.3) is 0 Å². The van der Waals surface area contributed by atoms with Gasteiger partial charge in [-0.15, -0.1) is 0 Å². The predicted molar refractivity (Wildman–Crippen MR) is 132 cm³/mol. The Morgan fingerprint density at radius 3 is 2.35 bits per heavy atom. The average Bonchev–Trinajstić information content (AvgIpc) is 3.22. The van der Waals surface area contributed by atoms with Gasteiger partial charge in [0.2, 0.25) is 17.7 Å². The number of rotatable bonds is 12. The number of aromatic nitrogens is 1. The molecule has 11 heteroatoms. The fourth-order valence-electron chi connectivity index (χ4n) is 3.42. The van der Waals surface area contributed by atoms with Crippen LogP contribution in [-0.4, -0.2) is 63.7 Å². The van der Waals surface area contributed by atoms with Gasteiger partial charge in [-0.1, -0.05) is 38.5 Å². The monoisotopic (exact) mass is 491 g/mol. The van der Waals surface area contributed by atoms with Gasteiger partial charge in [0.05, 0.1) is 6.04 Å². The van der Waals surface area contributed by atoms with Gasteiger partial charge in [-0.3, -0.25) is 19.2 Å². The lowest BCUT2D eigenvalue weighted by molar-refractivity contribution is -0.142. The molecule has 0 bridgehead atoms. The van der Waals surface area contributed by atoms with Crippen molar-refractivity contribution in [2.45, 2.75) is 57.8 Å². The molecular formula is C23H33N5O5S. The summed E-state index contributed by atoms with van der Waals surface area (Å²) in [5.74, 6) is -3.22. The van der Waals surface area contributed by atoms with Crippen LogP contribution in [0, 0.1) is 5.92 Å². The van der Waals surface area contributed by atoms with Crippen molar-refractivity contribution in [3.8, 4) is 0 Å². The molecule has 3 amide bonds. The zero-order chi connectivity index (χ0) is 25.4. The van der Waals surface area contributed by atoms with E-state index in [0.717, 1.165) is 16.5 Å². The number of carbonyl (C=O) groups is 4. The number of thiol groups is 1. The van der Waals surface area contributed by atoms with Crippen LogP contribution in [0.3, 0.4) is 0 Å². The van der Waals surface area contributed by atoms with Crippen LogP contribution in [0.1, 0.15) is 32.8 Å². The molecule has 0 fully saturated rings. The third-order valence-electron chi connectivity index (χ3n) is 5.79. The number of carbonyl (C=O) groups excluding carboxylic acids is 3. The van der Waals surface area contributed by atoms with Crippen LogP contribution in [0.25, 0.3) is 10.9 Å². The quantitative estimate of drug-likeness (QED) is 0.214. The molecule has 0 radical (unpaired) electrons. The maximum Gasteiger partial charge on any atom is 0.325 e. The van der Waals surface area contributed by atoms with Crippen LogP contribution in [0.2, 0.25) is 0 Å². The molecule has 1 heterocycles. The summed E-state index contributed by atoms with van der Waals surface area (Å²) in [7, 11) is 0. The van der Waals surface area contributed by atoms with Crippen LogP contribution < -0.4 is 21.7 Å². The van der Waals surface area contributed by atoms with Crippen molar-refractivity contribution in [3.63, 3.8) is 0 Å². The van der Waals surface area contributed by atoms with Crippen molar-refractivity contribution < 1.29 is 24.3 Å². The first-order valence-electron chi connectivity index (χ1n) is 11.1. The molecule has 0 aliphatic heterocycles. The van der Waals surface area contributed by atoms with E-state index in [0.29, 0.717) is 6.42 Å². The number of hydrogen-bond acceptors (Lipinski definition) is 6. The topological polar surface area (TPSA) is 166 Å². The second-order valence-corrected chi connectivity index (χ2v) is 8.72. The van der Waals surface area contributed by atoms with Crippen molar-refractivity contribution in [2.24, 2.45) is 11.7 Å². The highest BCUT2D eigenvalue weighted by Crippen LogP contribution is 2.18. The van der Waals surface area contributed by atoms with Gasteiger partial charge < -0.3 is 31.8 Å². The number of para-hydroxylation sites is 1. The van der Waals surface area contributed by atoms with E-state index >= 15 is 0 Å². The number of amides is 3. The molecule has 0 spiro atoms. The maximum atomic E-state index is 12.9. The molecule has 5 unspecified atom stereocenters. The van der Waals surface area contributed by atoms with Gasteiger partial charge in [-0.05, 0) is 30.9 Å². The molecule has 7 N–H and O–H groups in total. The number of H-pyrrole nitrogens is 1. The second kappa shape index (κ2) is 12.4. The highest BCUT2D eigenvalue weighted by Gasteiger charge is 2.31. The SMILES string of the molecule is CCC(C)C(NC(=O)C(CS)NC(=O)C(N)Cc1c[nH]c2ccccc12)C(=O)NC(C)C(=O)O. The van der Waals surface area contributed by atoms with E-state index in [1.807, 2.05) is 31.2 Å². The number of hydrogen-bond donors (Lipinski definition) is 7. The van der Waals surface area contributed by atoms with E-state index in [2.05, 4.69) is 33.6 Å². The average molecular weight is 492 g/mol. The summed E-state index contributed by atoms with van der Waals surface area (Å²) >= 11 is 4.17. The minimum atomic E-state index is -1.19. The van der Waals surface area contributed by atoms with Gasteiger partial charge >= 0.3 is 5.97 Å². The minimum absolute atomic E-state index is 0.0161. The van der Waals surface area contributed by atoms with Crippen molar-refractivity contribution in [1.29, 1.82) is 0 Å².